The monoisotopic (exact) mass is 460 g/mol. The van der Waals surface area contributed by atoms with E-state index in [1.165, 1.54) is 11.8 Å². The lowest BCUT2D eigenvalue weighted by Gasteiger charge is -2.13. The summed E-state index contributed by atoms with van der Waals surface area (Å²) in [6.07, 6.45) is 0. The molecule has 0 aliphatic rings. The van der Waals surface area contributed by atoms with E-state index in [0.717, 1.165) is 17.0 Å². The molecule has 0 fully saturated rings. The van der Waals surface area contributed by atoms with Crippen molar-refractivity contribution in [2.75, 3.05) is 26.5 Å². The third-order valence-electron chi connectivity index (χ3n) is 4.44. The van der Waals surface area contributed by atoms with E-state index in [0.29, 0.717) is 28.4 Å². The molecule has 1 aromatic heterocycles. The predicted octanol–water partition coefficient (Wildman–Crippen LogP) is 4.39. The quantitative estimate of drug-likeness (QED) is 0.441. The Morgan fingerprint density at radius 2 is 1.77 bits per heavy atom. The number of aryl methyl sites for hydroxylation is 1. The smallest absolute Gasteiger partial charge is 0.232 e. The van der Waals surface area contributed by atoms with Crippen molar-refractivity contribution in [2.24, 2.45) is 0 Å². The van der Waals surface area contributed by atoms with Crippen LogP contribution >= 0.6 is 23.4 Å². The van der Waals surface area contributed by atoms with Crippen molar-refractivity contribution in [3.05, 3.63) is 58.9 Å². The van der Waals surface area contributed by atoms with Gasteiger partial charge in [-0.05, 0) is 55.8 Å². The molecule has 0 aliphatic carbocycles. The van der Waals surface area contributed by atoms with Crippen LogP contribution in [0.25, 0.3) is 5.69 Å². The van der Waals surface area contributed by atoms with E-state index >= 15 is 0 Å². The van der Waals surface area contributed by atoms with Crippen molar-refractivity contribution in [3.8, 4) is 17.2 Å². The summed E-state index contributed by atoms with van der Waals surface area (Å²) in [5, 5.41) is 9.83. The maximum absolute atomic E-state index is 12.0. The number of hydrogen-bond acceptors (Lipinski definition) is 6. The van der Waals surface area contributed by atoms with E-state index in [1.54, 1.807) is 19.0 Å². The molecule has 0 saturated carbocycles. The molecular weight excluding hydrogens is 436 g/mol. The summed E-state index contributed by atoms with van der Waals surface area (Å²) in [5.74, 6) is 2.33. The van der Waals surface area contributed by atoms with Crippen LogP contribution in [0.15, 0.2) is 47.6 Å². The lowest BCUT2D eigenvalue weighted by molar-refractivity contribution is -0.125. The van der Waals surface area contributed by atoms with Crippen LogP contribution < -0.4 is 9.47 Å². The zero-order valence-electron chi connectivity index (χ0n) is 18.0. The molecule has 1 heterocycles. The fourth-order valence-corrected chi connectivity index (χ4v) is 3.79. The van der Waals surface area contributed by atoms with E-state index < -0.39 is 0 Å². The maximum Gasteiger partial charge on any atom is 0.232 e. The number of rotatable bonds is 9. The molecular formula is C22H25ClN4O3S. The van der Waals surface area contributed by atoms with Gasteiger partial charge in [-0.1, -0.05) is 29.4 Å². The zero-order chi connectivity index (χ0) is 22.4. The fraction of sp³-hybridized carbons (Fsp3) is 0.318. The summed E-state index contributed by atoms with van der Waals surface area (Å²) in [4.78, 5) is 13.6. The Balaban J connectivity index is 1.84. The van der Waals surface area contributed by atoms with E-state index in [-0.39, 0.29) is 18.3 Å². The van der Waals surface area contributed by atoms with Crippen LogP contribution in [-0.4, -0.2) is 52.0 Å². The molecule has 0 atom stereocenters. The van der Waals surface area contributed by atoms with E-state index in [1.807, 2.05) is 60.9 Å². The van der Waals surface area contributed by atoms with Gasteiger partial charge in [-0.15, -0.1) is 10.2 Å². The normalized spacial score (nSPS) is 10.7. The summed E-state index contributed by atoms with van der Waals surface area (Å²) in [7, 11) is 3.45. The van der Waals surface area contributed by atoms with Crippen LogP contribution in [0.5, 0.6) is 11.5 Å². The maximum atomic E-state index is 12.0. The number of thioether (sulfide) groups is 1. The minimum absolute atomic E-state index is 0.00586. The Bertz CT molecular complexity index is 1040. The van der Waals surface area contributed by atoms with E-state index in [2.05, 4.69) is 10.2 Å². The zero-order valence-corrected chi connectivity index (χ0v) is 19.5. The number of benzene rings is 2. The van der Waals surface area contributed by atoms with Gasteiger partial charge in [0.15, 0.2) is 11.0 Å². The number of amides is 1. The van der Waals surface area contributed by atoms with Gasteiger partial charge in [0, 0.05) is 19.1 Å². The number of halogens is 1. The van der Waals surface area contributed by atoms with Crippen LogP contribution in [0.2, 0.25) is 5.02 Å². The van der Waals surface area contributed by atoms with Gasteiger partial charge in [-0.2, -0.15) is 0 Å². The van der Waals surface area contributed by atoms with Crippen LogP contribution in [0.1, 0.15) is 18.3 Å². The molecule has 164 valence electrons. The van der Waals surface area contributed by atoms with Crippen LogP contribution in [0.3, 0.4) is 0 Å². The fourth-order valence-electron chi connectivity index (χ4n) is 2.67. The van der Waals surface area contributed by atoms with Gasteiger partial charge in [-0.3, -0.25) is 9.36 Å². The number of ether oxygens (including phenoxy) is 2. The molecule has 0 bridgehead atoms. The van der Waals surface area contributed by atoms with Crippen molar-refractivity contribution in [1.82, 2.24) is 19.7 Å². The number of nitrogens with zero attached hydrogens (tertiary/aromatic N) is 4. The van der Waals surface area contributed by atoms with Crippen LogP contribution in [-0.2, 0) is 11.4 Å². The van der Waals surface area contributed by atoms with Crippen LogP contribution in [0.4, 0.5) is 0 Å². The van der Waals surface area contributed by atoms with E-state index in [9.17, 15) is 4.79 Å². The Morgan fingerprint density at radius 1 is 1.10 bits per heavy atom. The first kappa shape index (κ1) is 23.0. The average Bonchev–Trinajstić information content (AvgIpc) is 3.16. The first-order valence-corrected chi connectivity index (χ1v) is 11.1. The second-order valence-electron chi connectivity index (χ2n) is 6.94. The number of hydrogen-bond donors (Lipinski definition) is 0. The molecule has 31 heavy (non-hydrogen) atoms. The molecule has 0 unspecified atom stereocenters. The van der Waals surface area contributed by atoms with Crippen molar-refractivity contribution in [3.63, 3.8) is 0 Å². The minimum atomic E-state index is -0.00586. The summed E-state index contributed by atoms with van der Waals surface area (Å²) in [6.45, 7) is 4.70. The molecule has 0 spiro atoms. The van der Waals surface area contributed by atoms with Gasteiger partial charge in [0.2, 0.25) is 5.91 Å². The Labute approximate surface area is 191 Å². The van der Waals surface area contributed by atoms with Crippen LogP contribution in [0, 0.1) is 6.92 Å². The average molecular weight is 461 g/mol. The predicted molar refractivity (Wildman–Crippen MR) is 122 cm³/mol. The van der Waals surface area contributed by atoms with Gasteiger partial charge in [0.1, 0.15) is 18.1 Å². The lowest BCUT2D eigenvalue weighted by Crippen LogP contribution is -2.23. The highest BCUT2D eigenvalue weighted by Crippen LogP contribution is 2.27. The van der Waals surface area contributed by atoms with Gasteiger partial charge >= 0.3 is 0 Å². The van der Waals surface area contributed by atoms with E-state index in [4.69, 9.17) is 21.1 Å². The minimum Gasteiger partial charge on any atom is -0.494 e. The number of aromatic nitrogens is 3. The molecule has 0 aliphatic heterocycles. The molecule has 7 nitrogen and oxygen atoms in total. The summed E-state index contributed by atoms with van der Waals surface area (Å²) >= 11 is 7.67. The largest absolute Gasteiger partial charge is 0.494 e. The molecule has 3 rings (SSSR count). The molecule has 0 radical (unpaired) electrons. The number of carbonyl (C=O) groups excluding carboxylic acids is 1. The topological polar surface area (TPSA) is 69.5 Å². The summed E-state index contributed by atoms with van der Waals surface area (Å²) in [6, 6.07) is 13.2. The van der Waals surface area contributed by atoms with Gasteiger partial charge in [0.05, 0.1) is 18.0 Å². The SMILES string of the molecule is CCOc1ccc(OCc2nnc(SCC(=O)N(C)C)n2-c2ccc(C)c(Cl)c2)cc1. The molecule has 9 heteroatoms. The van der Waals surface area contributed by atoms with Crippen molar-refractivity contribution in [1.29, 1.82) is 0 Å². The van der Waals surface area contributed by atoms with Gasteiger partial charge in [-0.25, -0.2) is 0 Å². The van der Waals surface area contributed by atoms with Crippen molar-refractivity contribution >= 4 is 29.3 Å². The third kappa shape index (κ3) is 5.92. The van der Waals surface area contributed by atoms with Gasteiger partial charge in [0.25, 0.3) is 0 Å². The van der Waals surface area contributed by atoms with Crippen molar-refractivity contribution < 1.29 is 14.3 Å². The lowest BCUT2D eigenvalue weighted by atomic mass is 10.2. The Kier molecular flexibility index (Phi) is 7.81. The first-order chi connectivity index (χ1) is 14.9. The summed E-state index contributed by atoms with van der Waals surface area (Å²) in [5.41, 5.74) is 1.79. The number of carbonyl (C=O) groups is 1. The molecule has 1 amide bonds. The molecule has 0 saturated heterocycles. The van der Waals surface area contributed by atoms with Gasteiger partial charge < -0.3 is 14.4 Å². The Morgan fingerprint density at radius 3 is 2.39 bits per heavy atom. The highest BCUT2D eigenvalue weighted by Gasteiger charge is 2.17. The Hall–Kier alpha value is -2.71. The molecule has 0 N–H and O–H groups in total. The molecule has 3 aromatic rings. The second-order valence-corrected chi connectivity index (χ2v) is 8.29. The highest BCUT2D eigenvalue weighted by molar-refractivity contribution is 7.99. The molecule has 2 aromatic carbocycles. The highest BCUT2D eigenvalue weighted by atomic mass is 35.5. The van der Waals surface area contributed by atoms with Crippen molar-refractivity contribution in [2.45, 2.75) is 25.6 Å². The first-order valence-electron chi connectivity index (χ1n) is 9.78. The summed E-state index contributed by atoms with van der Waals surface area (Å²) < 4.78 is 13.3. The standard InChI is InChI=1S/C22H25ClN4O3S/c1-5-29-17-8-10-18(11-9-17)30-13-20-24-25-22(31-14-21(28)26(3)4)27(20)16-7-6-15(2)19(23)12-16/h6-12H,5,13-14H2,1-4H3. The third-order valence-corrected chi connectivity index (χ3v) is 5.76. The second kappa shape index (κ2) is 10.5.